The SMILES string of the molecule is O=[N+]([O-])c1ccc(N2CCC[C@@H](CO)C2)[nH+]c1. The van der Waals surface area contributed by atoms with Crippen LogP contribution in [0.1, 0.15) is 12.8 Å². The van der Waals surface area contributed by atoms with Gasteiger partial charge < -0.3 is 5.11 Å². The summed E-state index contributed by atoms with van der Waals surface area (Å²) in [5.41, 5.74) is 0.0597. The van der Waals surface area contributed by atoms with Crippen molar-refractivity contribution >= 4 is 11.5 Å². The molecular formula is C11H16N3O3+. The van der Waals surface area contributed by atoms with Crippen molar-refractivity contribution in [2.24, 2.45) is 5.92 Å². The van der Waals surface area contributed by atoms with Crippen LogP contribution in [0.15, 0.2) is 18.3 Å². The van der Waals surface area contributed by atoms with Gasteiger partial charge in [-0.1, -0.05) is 0 Å². The van der Waals surface area contributed by atoms with Crippen LogP contribution in [0.5, 0.6) is 0 Å². The molecule has 1 aliphatic heterocycles. The second kappa shape index (κ2) is 5.09. The van der Waals surface area contributed by atoms with E-state index in [1.807, 2.05) is 0 Å². The summed E-state index contributed by atoms with van der Waals surface area (Å²) in [5, 5.41) is 19.7. The molecule has 2 heterocycles. The van der Waals surface area contributed by atoms with Crippen LogP contribution in [0.2, 0.25) is 0 Å². The third kappa shape index (κ3) is 2.71. The summed E-state index contributed by atoms with van der Waals surface area (Å²) in [5.74, 6) is 1.17. The van der Waals surface area contributed by atoms with Gasteiger partial charge in [0.2, 0.25) is 0 Å². The number of nitrogens with zero attached hydrogens (tertiary/aromatic N) is 2. The Balaban J connectivity index is 2.08. The highest BCUT2D eigenvalue weighted by Gasteiger charge is 2.25. The minimum absolute atomic E-state index is 0.0597. The average Bonchev–Trinajstić information content (AvgIpc) is 2.39. The topological polar surface area (TPSA) is 80.8 Å². The number of hydrogen-bond donors (Lipinski definition) is 1. The monoisotopic (exact) mass is 238 g/mol. The molecule has 1 fully saturated rings. The molecule has 0 unspecified atom stereocenters. The molecule has 6 nitrogen and oxygen atoms in total. The van der Waals surface area contributed by atoms with E-state index in [1.165, 1.54) is 12.3 Å². The van der Waals surface area contributed by atoms with E-state index in [1.54, 1.807) is 6.07 Å². The fraction of sp³-hybridized carbons (Fsp3) is 0.545. The number of aromatic amines is 1. The van der Waals surface area contributed by atoms with Gasteiger partial charge in [0.25, 0.3) is 5.82 Å². The predicted octanol–water partition coefficient (Wildman–Crippen LogP) is 0.618. The molecule has 0 aliphatic carbocycles. The molecule has 0 spiro atoms. The minimum Gasteiger partial charge on any atom is -0.396 e. The maximum atomic E-state index is 10.5. The molecule has 0 bridgehead atoms. The van der Waals surface area contributed by atoms with Crippen LogP contribution < -0.4 is 9.88 Å². The van der Waals surface area contributed by atoms with Gasteiger partial charge in [-0.25, -0.2) is 4.98 Å². The number of anilines is 1. The lowest BCUT2D eigenvalue weighted by Crippen LogP contribution is -2.39. The zero-order valence-electron chi connectivity index (χ0n) is 9.50. The van der Waals surface area contributed by atoms with Crippen LogP contribution in [0.4, 0.5) is 11.5 Å². The van der Waals surface area contributed by atoms with E-state index in [-0.39, 0.29) is 12.3 Å². The first-order chi connectivity index (χ1) is 8.20. The summed E-state index contributed by atoms with van der Waals surface area (Å²) < 4.78 is 0. The lowest BCUT2D eigenvalue weighted by Gasteiger charge is -2.26. The fourth-order valence-electron chi connectivity index (χ4n) is 2.15. The molecule has 1 saturated heterocycles. The zero-order valence-corrected chi connectivity index (χ0v) is 9.50. The van der Waals surface area contributed by atoms with Crippen molar-refractivity contribution < 1.29 is 15.0 Å². The molecule has 1 aliphatic rings. The third-order valence-corrected chi connectivity index (χ3v) is 3.11. The zero-order chi connectivity index (χ0) is 12.3. The summed E-state index contributed by atoms with van der Waals surface area (Å²) >= 11 is 0. The molecule has 0 amide bonds. The Labute approximate surface area is 99.0 Å². The molecule has 2 N–H and O–H groups in total. The normalized spacial score (nSPS) is 20.3. The second-order valence-electron chi connectivity index (χ2n) is 4.33. The average molecular weight is 238 g/mol. The summed E-state index contributed by atoms with van der Waals surface area (Å²) in [4.78, 5) is 15.2. The highest BCUT2D eigenvalue weighted by molar-refractivity contribution is 5.37. The van der Waals surface area contributed by atoms with Crippen molar-refractivity contribution in [3.8, 4) is 0 Å². The molecule has 92 valence electrons. The number of hydrogen-bond acceptors (Lipinski definition) is 4. The van der Waals surface area contributed by atoms with Gasteiger partial charge in [0.05, 0.1) is 18.0 Å². The van der Waals surface area contributed by atoms with E-state index >= 15 is 0 Å². The largest absolute Gasteiger partial charge is 0.396 e. The number of nitro groups is 1. The molecule has 1 aromatic heterocycles. The van der Waals surface area contributed by atoms with Crippen LogP contribution in [-0.2, 0) is 0 Å². The van der Waals surface area contributed by atoms with Crippen LogP contribution in [-0.4, -0.2) is 29.7 Å². The van der Waals surface area contributed by atoms with E-state index in [0.29, 0.717) is 5.92 Å². The summed E-state index contributed by atoms with van der Waals surface area (Å²) in [6, 6.07) is 3.21. The lowest BCUT2D eigenvalue weighted by atomic mass is 9.99. The maximum Gasteiger partial charge on any atom is 0.308 e. The van der Waals surface area contributed by atoms with E-state index in [4.69, 9.17) is 5.11 Å². The van der Waals surface area contributed by atoms with Crippen molar-refractivity contribution in [2.45, 2.75) is 12.8 Å². The lowest BCUT2D eigenvalue weighted by molar-refractivity contribution is -0.414. The number of pyridine rings is 1. The van der Waals surface area contributed by atoms with Gasteiger partial charge in [0.15, 0.2) is 6.20 Å². The van der Waals surface area contributed by atoms with Crippen molar-refractivity contribution in [1.82, 2.24) is 0 Å². The van der Waals surface area contributed by atoms with Gasteiger partial charge >= 0.3 is 5.69 Å². The number of aliphatic hydroxyl groups is 1. The second-order valence-corrected chi connectivity index (χ2v) is 4.33. The number of rotatable bonds is 3. The first kappa shape index (κ1) is 11.8. The van der Waals surface area contributed by atoms with Crippen molar-refractivity contribution in [3.63, 3.8) is 0 Å². The molecule has 1 aromatic rings. The number of H-pyrrole nitrogens is 1. The number of piperidine rings is 1. The van der Waals surface area contributed by atoms with Crippen LogP contribution in [0.3, 0.4) is 0 Å². The summed E-state index contributed by atoms with van der Waals surface area (Å²) in [7, 11) is 0. The molecule has 17 heavy (non-hydrogen) atoms. The van der Waals surface area contributed by atoms with Gasteiger partial charge in [0, 0.05) is 24.7 Å². The fourth-order valence-corrected chi connectivity index (χ4v) is 2.15. The van der Waals surface area contributed by atoms with E-state index in [2.05, 4.69) is 9.88 Å². The smallest absolute Gasteiger partial charge is 0.308 e. The number of aliphatic hydroxyl groups excluding tert-OH is 1. The standard InChI is InChI=1S/C11H15N3O3/c15-8-9-2-1-5-13(7-9)11-4-3-10(6-12-11)14(16)17/h3-4,6,9,15H,1-2,5,7-8H2/p+1/t9-/m1/s1. The Hall–Kier alpha value is -1.69. The Morgan fingerprint density at radius 2 is 2.41 bits per heavy atom. The van der Waals surface area contributed by atoms with Crippen LogP contribution in [0, 0.1) is 16.0 Å². The molecular weight excluding hydrogens is 222 g/mol. The first-order valence-electron chi connectivity index (χ1n) is 5.72. The third-order valence-electron chi connectivity index (χ3n) is 3.11. The van der Waals surface area contributed by atoms with Gasteiger partial charge in [-0.2, -0.15) is 0 Å². The highest BCUT2D eigenvalue weighted by Crippen LogP contribution is 2.20. The van der Waals surface area contributed by atoms with Crippen molar-refractivity contribution in [1.29, 1.82) is 0 Å². The Morgan fingerprint density at radius 1 is 1.59 bits per heavy atom. The molecule has 2 rings (SSSR count). The number of aromatic nitrogens is 1. The van der Waals surface area contributed by atoms with Crippen LogP contribution >= 0.6 is 0 Å². The van der Waals surface area contributed by atoms with E-state index < -0.39 is 4.92 Å². The first-order valence-corrected chi connectivity index (χ1v) is 5.72. The molecule has 0 saturated carbocycles. The molecule has 0 radical (unpaired) electrons. The number of nitrogens with one attached hydrogen (secondary N) is 1. The molecule has 6 heteroatoms. The van der Waals surface area contributed by atoms with Gasteiger partial charge in [-0.3, -0.25) is 15.0 Å². The van der Waals surface area contributed by atoms with Gasteiger partial charge in [-0.15, -0.1) is 0 Å². The Kier molecular flexibility index (Phi) is 3.53. The van der Waals surface area contributed by atoms with Crippen LogP contribution in [0.25, 0.3) is 0 Å². The summed E-state index contributed by atoms with van der Waals surface area (Å²) in [6.45, 7) is 1.92. The van der Waals surface area contributed by atoms with E-state index in [9.17, 15) is 10.1 Å². The van der Waals surface area contributed by atoms with Crippen molar-refractivity contribution in [2.75, 3.05) is 24.6 Å². The van der Waals surface area contributed by atoms with Gasteiger partial charge in [-0.05, 0) is 12.8 Å². The quantitative estimate of drug-likeness (QED) is 0.618. The Bertz CT molecular complexity index is 393. The predicted molar refractivity (Wildman–Crippen MR) is 61.7 cm³/mol. The van der Waals surface area contributed by atoms with Gasteiger partial charge in [0.1, 0.15) is 0 Å². The highest BCUT2D eigenvalue weighted by atomic mass is 16.6. The molecule has 0 aromatic carbocycles. The maximum absolute atomic E-state index is 10.5. The summed E-state index contributed by atoms with van der Waals surface area (Å²) in [6.07, 6.45) is 3.48. The Morgan fingerprint density at radius 3 is 3.00 bits per heavy atom. The van der Waals surface area contributed by atoms with E-state index in [0.717, 1.165) is 31.7 Å². The van der Waals surface area contributed by atoms with Crippen molar-refractivity contribution in [3.05, 3.63) is 28.4 Å². The minimum atomic E-state index is -0.424. The molecule has 1 atom stereocenters.